The molecule has 2 nitrogen and oxygen atoms in total. The Morgan fingerprint density at radius 3 is 2.44 bits per heavy atom. The van der Waals surface area contributed by atoms with Gasteiger partial charge in [0.1, 0.15) is 11.9 Å². The van der Waals surface area contributed by atoms with Gasteiger partial charge >= 0.3 is 0 Å². The maximum absolute atomic E-state index is 10.1. The molecule has 0 unspecified atom stereocenters. The number of benzene rings is 1. The molecule has 0 fully saturated rings. The molecule has 84 valence electrons. The molecular weight excluding hydrogens is 200 g/mol. The molecule has 1 heterocycles. The van der Waals surface area contributed by atoms with Crippen LogP contribution in [0.1, 0.15) is 42.8 Å². The van der Waals surface area contributed by atoms with Gasteiger partial charge in [-0.2, -0.15) is 0 Å². The van der Waals surface area contributed by atoms with Gasteiger partial charge in [0, 0.05) is 0 Å². The summed E-state index contributed by atoms with van der Waals surface area (Å²) >= 11 is 0. The molecule has 1 N–H and O–H groups in total. The van der Waals surface area contributed by atoms with Crippen LogP contribution in [0.15, 0.2) is 47.1 Å². The quantitative estimate of drug-likeness (QED) is 0.852. The molecule has 16 heavy (non-hydrogen) atoms. The number of furan rings is 1. The van der Waals surface area contributed by atoms with Gasteiger partial charge in [0.25, 0.3) is 0 Å². The second-order valence-electron chi connectivity index (χ2n) is 4.24. The van der Waals surface area contributed by atoms with Crippen molar-refractivity contribution < 1.29 is 9.52 Å². The Morgan fingerprint density at radius 2 is 1.81 bits per heavy atom. The first-order valence-electron chi connectivity index (χ1n) is 5.50. The maximum Gasteiger partial charge on any atom is 0.137 e. The Balaban J connectivity index is 2.30. The van der Waals surface area contributed by atoms with E-state index in [1.54, 1.807) is 18.4 Å². The van der Waals surface area contributed by atoms with Crippen molar-refractivity contribution in [2.45, 2.75) is 25.9 Å². The Kier molecular flexibility index (Phi) is 3.11. The molecule has 0 aliphatic rings. The van der Waals surface area contributed by atoms with Crippen LogP contribution in [0.5, 0.6) is 0 Å². The zero-order valence-electron chi connectivity index (χ0n) is 9.55. The smallest absolute Gasteiger partial charge is 0.137 e. The zero-order chi connectivity index (χ0) is 11.5. The molecule has 0 bridgehead atoms. The molecule has 2 aromatic rings. The molecule has 0 amide bonds. The van der Waals surface area contributed by atoms with Gasteiger partial charge in [0.2, 0.25) is 0 Å². The van der Waals surface area contributed by atoms with Gasteiger partial charge in [-0.1, -0.05) is 38.1 Å². The third-order valence-electron chi connectivity index (χ3n) is 2.71. The zero-order valence-corrected chi connectivity index (χ0v) is 9.55. The van der Waals surface area contributed by atoms with Crippen LogP contribution in [-0.4, -0.2) is 5.11 Å². The summed E-state index contributed by atoms with van der Waals surface area (Å²) < 4.78 is 5.20. The summed E-state index contributed by atoms with van der Waals surface area (Å²) in [6.45, 7) is 4.27. The highest BCUT2D eigenvalue weighted by Crippen LogP contribution is 2.25. The largest absolute Gasteiger partial charge is 0.466 e. The summed E-state index contributed by atoms with van der Waals surface area (Å²) in [5.74, 6) is 1.05. The highest BCUT2D eigenvalue weighted by Gasteiger charge is 2.13. The van der Waals surface area contributed by atoms with Crippen LogP contribution in [-0.2, 0) is 0 Å². The lowest BCUT2D eigenvalue weighted by molar-refractivity contribution is 0.189. The van der Waals surface area contributed by atoms with Crippen molar-refractivity contribution in [3.05, 3.63) is 59.5 Å². The average Bonchev–Trinajstić information content (AvgIpc) is 2.81. The molecule has 0 saturated heterocycles. The third-order valence-corrected chi connectivity index (χ3v) is 2.71. The fourth-order valence-corrected chi connectivity index (χ4v) is 1.70. The standard InChI is InChI=1S/C14H16O2/c1-10(2)11-5-3-6-12(9-11)14(15)13-7-4-8-16-13/h3-10,14-15H,1-2H3/t14-/m1/s1. The summed E-state index contributed by atoms with van der Waals surface area (Å²) in [5, 5.41) is 10.1. The fraction of sp³-hybridized carbons (Fsp3) is 0.286. The molecule has 0 aliphatic heterocycles. The van der Waals surface area contributed by atoms with E-state index < -0.39 is 6.10 Å². The highest BCUT2D eigenvalue weighted by atomic mass is 16.4. The molecule has 1 aromatic carbocycles. The van der Waals surface area contributed by atoms with Crippen LogP contribution in [0, 0.1) is 0 Å². The van der Waals surface area contributed by atoms with E-state index in [9.17, 15) is 5.11 Å². The highest BCUT2D eigenvalue weighted by molar-refractivity contribution is 5.30. The topological polar surface area (TPSA) is 33.4 Å². The van der Waals surface area contributed by atoms with Gasteiger partial charge in [-0.15, -0.1) is 0 Å². The minimum atomic E-state index is -0.673. The number of rotatable bonds is 3. The number of hydrogen-bond donors (Lipinski definition) is 1. The summed E-state index contributed by atoms with van der Waals surface area (Å²) in [4.78, 5) is 0. The molecule has 0 spiro atoms. The van der Waals surface area contributed by atoms with Gasteiger partial charge in [-0.05, 0) is 29.2 Å². The fourth-order valence-electron chi connectivity index (χ4n) is 1.70. The van der Waals surface area contributed by atoms with E-state index >= 15 is 0 Å². The van der Waals surface area contributed by atoms with Crippen molar-refractivity contribution in [3.63, 3.8) is 0 Å². The lowest BCUT2D eigenvalue weighted by Gasteiger charge is -2.11. The number of aliphatic hydroxyl groups excluding tert-OH is 1. The molecule has 2 rings (SSSR count). The summed E-state index contributed by atoms with van der Waals surface area (Å²) in [5.41, 5.74) is 2.10. The van der Waals surface area contributed by atoms with Crippen LogP contribution in [0.25, 0.3) is 0 Å². The second kappa shape index (κ2) is 4.54. The minimum absolute atomic E-state index is 0.462. The Labute approximate surface area is 95.5 Å². The first kappa shape index (κ1) is 11.0. The molecule has 2 heteroatoms. The Morgan fingerprint density at radius 1 is 1.06 bits per heavy atom. The van der Waals surface area contributed by atoms with Crippen LogP contribution >= 0.6 is 0 Å². The van der Waals surface area contributed by atoms with Crippen LogP contribution < -0.4 is 0 Å². The molecule has 0 aliphatic carbocycles. The van der Waals surface area contributed by atoms with Crippen molar-refractivity contribution >= 4 is 0 Å². The average molecular weight is 216 g/mol. The normalized spacial score (nSPS) is 13.0. The van der Waals surface area contributed by atoms with Crippen molar-refractivity contribution in [3.8, 4) is 0 Å². The maximum atomic E-state index is 10.1. The minimum Gasteiger partial charge on any atom is -0.466 e. The van der Waals surface area contributed by atoms with Crippen molar-refractivity contribution in [2.75, 3.05) is 0 Å². The van der Waals surface area contributed by atoms with Crippen LogP contribution in [0.2, 0.25) is 0 Å². The lowest BCUT2D eigenvalue weighted by Crippen LogP contribution is -1.99. The Hall–Kier alpha value is -1.54. The van der Waals surface area contributed by atoms with Crippen molar-refractivity contribution in [1.82, 2.24) is 0 Å². The first-order chi connectivity index (χ1) is 7.68. The predicted octanol–water partition coefficient (Wildman–Crippen LogP) is 3.48. The monoisotopic (exact) mass is 216 g/mol. The van der Waals surface area contributed by atoms with Gasteiger partial charge < -0.3 is 9.52 Å². The van der Waals surface area contributed by atoms with Gasteiger partial charge in [-0.25, -0.2) is 0 Å². The van der Waals surface area contributed by atoms with Crippen LogP contribution in [0.4, 0.5) is 0 Å². The summed E-state index contributed by atoms with van der Waals surface area (Å²) in [6.07, 6.45) is 0.902. The number of hydrogen-bond acceptors (Lipinski definition) is 2. The molecule has 0 saturated carbocycles. The lowest BCUT2D eigenvalue weighted by atomic mass is 9.98. The SMILES string of the molecule is CC(C)c1cccc([C@@H](O)c2ccco2)c1. The molecular formula is C14H16O2. The van der Waals surface area contributed by atoms with E-state index in [0.717, 1.165) is 5.56 Å². The van der Waals surface area contributed by atoms with E-state index in [2.05, 4.69) is 19.9 Å². The van der Waals surface area contributed by atoms with E-state index in [1.165, 1.54) is 5.56 Å². The van der Waals surface area contributed by atoms with Gasteiger partial charge in [0.15, 0.2) is 0 Å². The summed E-state index contributed by atoms with van der Waals surface area (Å²) in [6, 6.07) is 11.5. The van der Waals surface area contributed by atoms with E-state index in [4.69, 9.17) is 4.42 Å². The molecule has 1 aromatic heterocycles. The van der Waals surface area contributed by atoms with E-state index in [-0.39, 0.29) is 0 Å². The summed E-state index contributed by atoms with van der Waals surface area (Å²) in [7, 11) is 0. The van der Waals surface area contributed by atoms with Crippen molar-refractivity contribution in [2.24, 2.45) is 0 Å². The second-order valence-corrected chi connectivity index (χ2v) is 4.24. The van der Waals surface area contributed by atoms with Crippen molar-refractivity contribution in [1.29, 1.82) is 0 Å². The van der Waals surface area contributed by atoms with E-state index in [0.29, 0.717) is 11.7 Å². The number of aliphatic hydroxyl groups is 1. The van der Waals surface area contributed by atoms with E-state index in [1.807, 2.05) is 18.2 Å². The molecule has 1 atom stereocenters. The molecule has 0 radical (unpaired) electrons. The first-order valence-corrected chi connectivity index (χ1v) is 5.50. The Bertz CT molecular complexity index is 444. The van der Waals surface area contributed by atoms with Gasteiger partial charge in [-0.3, -0.25) is 0 Å². The van der Waals surface area contributed by atoms with Gasteiger partial charge in [0.05, 0.1) is 6.26 Å². The third kappa shape index (κ3) is 2.17. The predicted molar refractivity (Wildman–Crippen MR) is 63.3 cm³/mol. The van der Waals surface area contributed by atoms with Crippen LogP contribution in [0.3, 0.4) is 0 Å².